The molecule has 0 unspecified atom stereocenters. The van der Waals surface area contributed by atoms with Crippen LogP contribution in [0.25, 0.3) is 11.9 Å². The largest absolute Gasteiger partial charge is 0.284 e. The number of aromatic nitrogens is 3. The highest BCUT2D eigenvalue weighted by Crippen LogP contribution is 2.21. The predicted octanol–water partition coefficient (Wildman–Crippen LogP) is 4.01. The Morgan fingerprint density at radius 1 is 1.52 bits per heavy atom. The van der Waals surface area contributed by atoms with Gasteiger partial charge in [-0.15, -0.1) is 0 Å². The van der Waals surface area contributed by atoms with Crippen LogP contribution >= 0.6 is 11.6 Å². The molecule has 0 radical (unpaired) electrons. The minimum Gasteiger partial charge on any atom is -0.236 e. The molecule has 2 aromatic heterocycles. The lowest BCUT2D eigenvalue weighted by molar-refractivity contribution is 0.0959. The van der Waals surface area contributed by atoms with Crippen LogP contribution in [0.5, 0.6) is 0 Å². The third kappa shape index (κ3) is 4.48. The van der Waals surface area contributed by atoms with E-state index in [9.17, 15) is 8.78 Å². The molecule has 0 saturated carbocycles. The fourth-order valence-electron chi connectivity index (χ4n) is 1.90. The van der Waals surface area contributed by atoms with Gasteiger partial charge >= 0.3 is 0 Å². The van der Waals surface area contributed by atoms with Gasteiger partial charge in [-0.05, 0) is 31.2 Å². The zero-order chi connectivity index (χ0) is 18.6. The number of rotatable bonds is 7. The van der Waals surface area contributed by atoms with Crippen LogP contribution in [0.15, 0.2) is 41.2 Å². The number of nitrogens with zero attached hydrogens (tertiary/aromatic N) is 6. The summed E-state index contributed by atoms with van der Waals surface area (Å²) in [6.07, 6.45) is 3.17. The maximum absolute atomic E-state index is 13.3. The summed E-state index contributed by atoms with van der Waals surface area (Å²) in [7, 11) is 0. The van der Waals surface area contributed by atoms with Crippen molar-refractivity contribution in [2.75, 3.05) is 0 Å². The summed E-state index contributed by atoms with van der Waals surface area (Å²) >= 11 is 6.15. The zero-order valence-corrected chi connectivity index (χ0v) is 14.6. The van der Waals surface area contributed by atoms with Crippen LogP contribution in [0.4, 0.5) is 8.78 Å². The number of alkyl halides is 2. The van der Waals surface area contributed by atoms with E-state index in [1.807, 2.05) is 0 Å². The third-order valence-electron chi connectivity index (χ3n) is 3.30. The smallest absolute Gasteiger partial charge is 0.236 e. The van der Waals surface area contributed by atoms with E-state index < -0.39 is 5.92 Å². The molecular weight excluding hydrogens is 350 g/mol. The van der Waals surface area contributed by atoms with E-state index in [1.54, 1.807) is 30.5 Å². The van der Waals surface area contributed by atoms with Gasteiger partial charge in [0.1, 0.15) is 12.3 Å². The number of halogens is 3. The van der Waals surface area contributed by atoms with Crippen molar-refractivity contribution in [2.24, 2.45) is 10.2 Å². The Morgan fingerprint density at radius 3 is 2.80 bits per heavy atom. The molecule has 25 heavy (non-hydrogen) atoms. The molecule has 0 aliphatic carbocycles. The van der Waals surface area contributed by atoms with E-state index in [2.05, 4.69) is 33.6 Å². The highest BCUT2D eigenvalue weighted by molar-refractivity contribution is 6.32. The topological polar surface area (TPSA) is 58.7 Å². The van der Waals surface area contributed by atoms with Crippen molar-refractivity contribution in [3.05, 3.63) is 47.4 Å². The summed E-state index contributed by atoms with van der Waals surface area (Å²) in [6, 6.07) is 5.10. The molecule has 0 saturated heterocycles. The first kappa shape index (κ1) is 18.7. The Morgan fingerprint density at radius 2 is 2.24 bits per heavy atom. The van der Waals surface area contributed by atoms with Crippen LogP contribution < -0.4 is 0 Å². The van der Waals surface area contributed by atoms with Gasteiger partial charge in [0.15, 0.2) is 5.82 Å². The molecule has 0 amide bonds. The molecule has 2 rings (SSSR count). The number of pyridine rings is 1. The summed E-state index contributed by atoms with van der Waals surface area (Å²) in [5.74, 6) is -2.61. The summed E-state index contributed by atoms with van der Waals surface area (Å²) < 4.78 is 28.0. The summed E-state index contributed by atoms with van der Waals surface area (Å²) in [6.45, 7) is 9.12. The van der Waals surface area contributed by atoms with Crippen molar-refractivity contribution >= 4 is 30.1 Å². The Balaban J connectivity index is 2.34. The van der Waals surface area contributed by atoms with Crippen molar-refractivity contribution in [1.82, 2.24) is 19.9 Å². The number of hydrogen-bond acceptors (Lipinski definition) is 5. The van der Waals surface area contributed by atoms with Crippen LogP contribution in [0, 0.1) is 0 Å². The summed E-state index contributed by atoms with van der Waals surface area (Å²) in [5, 5.41) is 13.3. The molecule has 0 aliphatic heterocycles. The van der Waals surface area contributed by atoms with Crippen molar-refractivity contribution in [3.8, 4) is 5.82 Å². The maximum atomic E-state index is 13.3. The fraction of sp³-hybridized carbons (Fsp3) is 0.250. The average molecular weight is 367 g/mol. The molecule has 0 fully saturated rings. The number of hydrogen-bond donors (Lipinski definition) is 0. The summed E-state index contributed by atoms with van der Waals surface area (Å²) in [4.78, 5) is 4.20. The van der Waals surface area contributed by atoms with Crippen molar-refractivity contribution < 1.29 is 8.78 Å². The van der Waals surface area contributed by atoms with Crippen molar-refractivity contribution in [1.29, 1.82) is 0 Å². The molecule has 0 spiro atoms. The second-order valence-electron chi connectivity index (χ2n) is 5.23. The van der Waals surface area contributed by atoms with Crippen LogP contribution in [0.1, 0.15) is 25.2 Å². The summed E-state index contributed by atoms with van der Waals surface area (Å²) in [5.41, 5.74) is 0.775. The van der Waals surface area contributed by atoms with Crippen LogP contribution in [0.3, 0.4) is 0 Å². The highest BCUT2D eigenvalue weighted by Gasteiger charge is 2.26. The van der Waals surface area contributed by atoms with Gasteiger partial charge in [0.05, 0.1) is 16.4 Å². The first-order valence-corrected chi connectivity index (χ1v) is 7.64. The van der Waals surface area contributed by atoms with E-state index >= 15 is 0 Å². The second kappa shape index (κ2) is 7.52. The predicted molar refractivity (Wildman–Crippen MR) is 95.3 cm³/mol. The minimum atomic E-state index is -3.05. The second-order valence-corrected chi connectivity index (χ2v) is 5.64. The van der Waals surface area contributed by atoms with Crippen LogP contribution in [-0.2, 0) is 6.54 Å². The standard InChI is InChI=1S/C16H17ClF2N6/c1-5-13-9-12(10-24(20-4)22-11(2)16(3,18)19)23-25(13)15-14(17)7-6-8-21-15/h5-9H,1,4,10H2,2-3H3/b22-11+. The highest BCUT2D eigenvalue weighted by atomic mass is 35.5. The zero-order valence-electron chi connectivity index (χ0n) is 13.8. The quantitative estimate of drug-likeness (QED) is 0.549. The molecule has 0 atom stereocenters. The van der Waals surface area contributed by atoms with Gasteiger partial charge in [-0.25, -0.2) is 18.4 Å². The van der Waals surface area contributed by atoms with Gasteiger partial charge in [0.25, 0.3) is 5.92 Å². The molecule has 0 aliphatic rings. The van der Waals surface area contributed by atoms with Gasteiger partial charge in [-0.2, -0.15) is 20.4 Å². The van der Waals surface area contributed by atoms with Gasteiger partial charge in [-0.1, -0.05) is 18.2 Å². The monoisotopic (exact) mass is 366 g/mol. The molecule has 0 aromatic carbocycles. The molecule has 2 aromatic rings. The Hall–Kier alpha value is -2.61. The van der Waals surface area contributed by atoms with Gasteiger partial charge in [-0.3, -0.25) is 0 Å². The van der Waals surface area contributed by atoms with Gasteiger partial charge in [0, 0.05) is 19.8 Å². The first-order valence-electron chi connectivity index (χ1n) is 7.26. The lowest BCUT2D eigenvalue weighted by Gasteiger charge is -2.15. The van der Waals surface area contributed by atoms with E-state index in [0.717, 1.165) is 12.0 Å². The lowest BCUT2D eigenvalue weighted by Crippen LogP contribution is -2.25. The van der Waals surface area contributed by atoms with Gasteiger partial charge in [0.2, 0.25) is 0 Å². The molecule has 2 heterocycles. The Labute approximate surface area is 149 Å². The minimum absolute atomic E-state index is 0.0508. The van der Waals surface area contributed by atoms with Gasteiger partial charge < -0.3 is 0 Å². The van der Waals surface area contributed by atoms with Crippen molar-refractivity contribution in [3.63, 3.8) is 0 Å². The Bertz CT molecular complexity index is 809. The van der Waals surface area contributed by atoms with E-state index in [4.69, 9.17) is 11.6 Å². The van der Waals surface area contributed by atoms with Crippen LogP contribution in [0.2, 0.25) is 5.02 Å². The molecule has 9 heteroatoms. The first-order chi connectivity index (χ1) is 11.8. The van der Waals surface area contributed by atoms with E-state index in [-0.39, 0.29) is 12.3 Å². The average Bonchev–Trinajstić information content (AvgIpc) is 2.96. The van der Waals surface area contributed by atoms with Crippen molar-refractivity contribution in [2.45, 2.75) is 26.3 Å². The molecule has 0 N–H and O–H groups in total. The SMILES string of the molecule is C=Cc1cc(CN(N=C)/N=C(\C)C(C)(F)F)nn1-c1ncccc1Cl. The molecular formula is C16H17ClF2N6. The molecule has 6 nitrogen and oxygen atoms in total. The normalized spacial score (nSPS) is 12.1. The number of hydrazone groups is 2. The third-order valence-corrected chi connectivity index (χ3v) is 3.60. The molecule has 0 bridgehead atoms. The van der Waals surface area contributed by atoms with E-state index in [0.29, 0.717) is 22.2 Å². The van der Waals surface area contributed by atoms with Crippen LogP contribution in [-0.4, -0.2) is 38.2 Å². The van der Waals surface area contributed by atoms with E-state index in [1.165, 1.54) is 11.6 Å². The molecule has 132 valence electrons. The maximum Gasteiger partial charge on any atom is 0.284 e. The Kier molecular flexibility index (Phi) is 5.63. The lowest BCUT2D eigenvalue weighted by atomic mass is 10.3. The fourth-order valence-corrected chi connectivity index (χ4v) is 2.10.